The quantitative estimate of drug-likeness (QED) is 0.639. The molecule has 2 aromatic rings. The van der Waals surface area contributed by atoms with Gasteiger partial charge in [-0.05, 0) is 48.4 Å². The molecule has 3 rings (SSSR count). The number of halogens is 3. The molecule has 0 amide bonds. The molecule has 0 aliphatic carbocycles. The number of benzene rings is 1. The minimum absolute atomic E-state index is 0.0781. The molecule has 0 bridgehead atoms. The standard InChI is InChI=1S/C18H16ClF2N3O/c1-11(16-14(20)2-3-15(21)17(16)19)25-18(22)7-4-13(10-24-18)12-5-8-23-9-6-12/h2-11,24H,22H2,1H3. The van der Waals surface area contributed by atoms with Crippen LogP contribution < -0.4 is 11.1 Å². The number of nitrogens with two attached hydrogens (primary N) is 1. The third-order valence-corrected chi connectivity index (χ3v) is 4.22. The van der Waals surface area contributed by atoms with Crippen LogP contribution in [-0.4, -0.2) is 10.8 Å². The SMILES string of the molecule is CC(OC1(N)C=CC(c2ccncc2)=CN1)c1c(F)ccc(F)c1Cl. The lowest BCUT2D eigenvalue weighted by molar-refractivity contribution is -0.0686. The van der Waals surface area contributed by atoms with Gasteiger partial charge in [-0.1, -0.05) is 17.7 Å². The number of hydrogen-bond acceptors (Lipinski definition) is 4. The zero-order valence-electron chi connectivity index (χ0n) is 13.3. The van der Waals surface area contributed by atoms with Gasteiger partial charge in [-0.3, -0.25) is 10.7 Å². The first-order valence-electron chi connectivity index (χ1n) is 7.57. The summed E-state index contributed by atoms with van der Waals surface area (Å²) in [6.45, 7) is 1.55. The first kappa shape index (κ1) is 17.5. The van der Waals surface area contributed by atoms with Crippen molar-refractivity contribution < 1.29 is 13.5 Å². The van der Waals surface area contributed by atoms with Crippen molar-refractivity contribution in [2.75, 3.05) is 0 Å². The lowest BCUT2D eigenvalue weighted by Crippen LogP contribution is -2.53. The third-order valence-electron chi connectivity index (χ3n) is 3.84. The molecule has 1 aliphatic rings. The molecular formula is C18H16ClF2N3O. The van der Waals surface area contributed by atoms with E-state index >= 15 is 0 Å². The van der Waals surface area contributed by atoms with E-state index in [9.17, 15) is 8.78 Å². The van der Waals surface area contributed by atoms with Crippen LogP contribution in [0.1, 0.15) is 24.2 Å². The minimum atomic E-state index is -1.38. The first-order valence-corrected chi connectivity index (χ1v) is 7.95. The zero-order chi connectivity index (χ0) is 18.0. The molecule has 0 fully saturated rings. The van der Waals surface area contributed by atoms with Gasteiger partial charge >= 0.3 is 0 Å². The van der Waals surface area contributed by atoms with Gasteiger partial charge in [-0.2, -0.15) is 0 Å². The van der Waals surface area contributed by atoms with Crippen LogP contribution in [0.5, 0.6) is 0 Å². The Balaban J connectivity index is 1.77. The summed E-state index contributed by atoms with van der Waals surface area (Å²) in [7, 11) is 0. The molecule has 25 heavy (non-hydrogen) atoms. The number of hydrogen-bond donors (Lipinski definition) is 2. The molecule has 2 unspecified atom stereocenters. The number of nitrogens with one attached hydrogen (secondary N) is 1. The molecule has 1 aromatic carbocycles. The Kier molecular flexibility index (Phi) is 4.85. The lowest BCUT2D eigenvalue weighted by Gasteiger charge is -2.33. The largest absolute Gasteiger partial charge is 0.347 e. The Bertz CT molecular complexity index is 842. The molecule has 1 aromatic heterocycles. The molecule has 0 spiro atoms. The van der Waals surface area contributed by atoms with Crippen LogP contribution in [0.3, 0.4) is 0 Å². The van der Waals surface area contributed by atoms with Gasteiger partial charge in [-0.15, -0.1) is 0 Å². The normalized spacial score (nSPS) is 20.8. The zero-order valence-corrected chi connectivity index (χ0v) is 14.1. The predicted molar refractivity (Wildman–Crippen MR) is 92.3 cm³/mol. The summed E-state index contributed by atoms with van der Waals surface area (Å²) in [5, 5.41) is 2.61. The number of ether oxygens (including phenoxy) is 1. The van der Waals surface area contributed by atoms with Crippen LogP contribution in [0.15, 0.2) is 55.0 Å². The summed E-state index contributed by atoms with van der Waals surface area (Å²) in [6.07, 6.45) is 7.56. The Morgan fingerprint density at radius 3 is 2.52 bits per heavy atom. The van der Waals surface area contributed by atoms with Crippen molar-refractivity contribution in [3.63, 3.8) is 0 Å². The summed E-state index contributed by atoms with van der Waals surface area (Å²) in [5.41, 5.74) is 7.90. The number of rotatable bonds is 4. The van der Waals surface area contributed by atoms with Gasteiger partial charge < -0.3 is 10.1 Å². The molecule has 0 saturated carbocycles. The smallest absolute Gasteiger partial charge is 0.213 e. The molecule has 0 saturated heterocycles. The van der Waals surface area contributed by atoms with Crippen molar-refractivity contribution in [3.8, 4) is 0 Å². The fourth-order valence-electron chi connectivity index (χ4n) is 2.56. The van der Waals surface area contributed by atoms with Crippen molar-refractivity contribution in [1.29, 1.82) is 0 Å². The molecule has 130 valence electrons. The highest BCUT2D eigenvalue weighted by molar-refractivity contribution is 6.31. The maximum Gasteiger partial charge on any atom is 0.213 e. The van der Waals surface area contributed by atoms with Crippen LogP contribution in [0.4, 0.5) is 8.78 Å². The Labute approximate surface area is 149 Å². The molecule has 2 atom stereocenters. The van der Waals surface area contributed by atoms with E-state index in [-0.39, 0.29) is 10.6 Å². The Hall–Kier alpha value is -2.28. The maximum absolute atomic E-state index is 14.0. The molecule has 1 aliphatic heterocycles. The van der Waals surface area contributed by atoms with Gasteiger partial charge in [0.1, 0.15) is 11.6 Å². The summed E-state index contributed by atoms with van der Waals surface area (Å²) in [6, 6.07) is 5.68. The summed E-state index contributed by atoms with van der Waals surface area (Å²) in [5.74, 6) is -2.75. The lowest BCUT2D eigenvalue weighted by atomic mass is 10.0. The average molecular weight is 364 g/mol. The van der Waals surface area contributed by atoms with E-state index in [0.717, 1.165) is 23.3 Å². The summed E-state index contributed by atoms with van der Waals surface area (Å²) < 4.78 is 33.3. The Morgan fingerprint density at radius 1 is 1.20 bits per heavy atom. The molecular weight excluding hydrogens is 348 g/mol. The molecule has 3 N–H and O–H groups in total. The highest BCUT2D eigenvalue weighted by atomic mass is 35.5. The number of dihydropyridines is 1. The van der Waals surface area contributed by atoms with Gasteiger partial charge in [0.25, 0.3) is 0 Å². The second-order valence-corrected chi connectivity index (χ2v) is 6.00. The first-order chi connectivity index (χ1) is 11.9. The fourth-order valence-corrected chi connectivity index (χ4v) is 2.87. The van der Waals surface area contributed by atoms with Crippen LogP contribution in [0.25, 0.3) is 5.57 Å². The van der Waals surface area contributed by atoms with E-state index in [1.807, 2.05) is 12.1 Å². The van der Waals surface area contributed by atoms with E-state index in [2.05, 4.69) is 10.3 Å². The molecule has 4 nitrogen and oxygen atoms in total. The summed E-state index contributed by atoms with van der Waals surface area (Å²) >= 11 is 5.87. The monoisotopic (exact) mass is 363 g/mol. The van der Waals surface area contributed by atoms with E-state index in [1.54, 1.807) is 37.7 Å². The van der Waals surface area contributed by atoms with Crippen molar-refractivity contribution in [2.45, 2.75) is 18.9 Å². The minimum Gasteiger partial charge on any atom is -0.347 e. The number of pyridine rings is 1. The van der Waals surface area contributed by atoms with E-state index < -0.39 is 23.6 Å². The van der Waals surface area contributed by atoms with E-state index in [0.29, 0.717) is 0 Å². The second-order valence-electron chi connectivity index (χ2n) is 5.62. The Morgan fingerprint density at radius 2 is 1.88 bits per heavy atom. The van der Waals surface area contributed by atoms with Crippen LogP contribution in [0.2, 0.25) is 5.02 Å². The van der Waals surface area contributed by atoms with Gasteiger partial charge in [-0.25, -0.2) is 8.78 Å². The number of aromatic nitrogens is 1. The average Bonchev–Trinajstić information content (AvgIpc) is 2.60. The van der Waals surface area contributed by atoms with Crippen LogP contribution >= 0.6 is 11.6 Å². The maximum atomic E-state index is 14.0. The molecule has 7 heteroatoms. The summed E-state index contributed by atoms with van der Waals surface area (Å²) in [4.78, 5) is 3.97. The second kappa shape index (κ2) is 6.92. The van der Waals surface area contributed by atoms with Gasteiger partial charge in [0, 0.05) is 24.2 Å². The van der Waals surface area contributed by atoms with Crippen LogP contribution in [-0.2, 0) is 4.74 Å². The van der Waals surface area contributed by atoms with Crippen molar-refractivity contribution in [1.82, 2.24) is 10.3 Å². The topological polar surface area (TPSA) is 60.2 Å². The number of nitrogens with zero attached hydrogens (tertiary/aromatic N) is 1. The fraction of sp³-hybridized carbons (Fsp3) is 0.167. The molecule has 0 radical (unpaired) electrons. The highest BCUT2D eigenvalue weighted by Crippen LogP contribution is 2.32. The van der Waals surface area contributed by atoms with Crippen LogP contribution in [0, 0.1) is 11.6 Å². The number of allylic oxidation sites excluding steroid dienone is 2. The van der Waals surface area contributed by atoms with Gasteiger partial charge in [0.05, 0.1) is 11.1 Å². The highest BCUT2D eigenvalue weighted by Gasteiger charge is 2.29. The van der Waals surface area contributed by atoms with E-state index in [4.69, 9.17) is 22.1 Å². The van der Waals surface area contributed by atoms with Gasteiger partial charge in [0.2, 0.25) is 5.85 Å². The van der Waals surface area contributed by atoms with Crippen molar-refractivity contribution in [3.05, 3.63) is 82.8 Å². The van der Waals surface area contributed by atoms with Gasteiger partial charge in [0.15, 0.2) is 0 Å². The predicted octanol–water partition coefficient (Wildman–Crippen LogP) is 3.90. The molecule has 2 heterocycles. The van der Waals surface area contributed by atoms with Crippen molar-refractivity contribution >= 4 is 17.2 Å². The van der Waals surface area contributed by atoms with Crippen molar-refractivity contribution in [2.24, 2.45) is 5.73 Å². The third kappa shape index (κ3) is 3.71. The van der Waals surface area contributed by atoms with E-state index in [1.165, 1.54) is 0 Å².